The van der Waals surface area contributed by atoms with Crippen molar-refractivity contribution in [2.24, 2.45) is 0 Å². The van der Waals surface area contributed by atoms with Gasteiger partial charge in [-0.2, -0.15) is 4.31 Å². The Morgan fingerprint density at radius 2 is 1.81 bits per heavy atom. The molecule has 3 amide bonds. The fraction of sp³-hybridized carbons (Fsp3) is 0.500. The topological polar surface area (TPSA) is 90.0 Å². The first-order valence-electron chi connectivity index (χ1n) is 8.50. The number of urea groups is 1. The van der Waals surface area contributed by atoms with Crippen LogP contribution in [0.4, 0.5) is 13.6 Å². The number of nitrogens with zero attached hydrogens (tertiary/aromatic N) is 3. The van der Waals surface area contributed by atoms with Crippen LogP contribution in [0, 0.1) is 11.6 Å². The van der Waals surface area contributed by atoms with Crippen LogP contribution in [-0.2, 0) is 14.8 Å². The first-order chi connectivity index (χ1) is 12.7. The van der Waals surface area contributed by atoms with Crippen molar-refractivity contribution in [3.05, 3.63) is 29.8 Å². The van der Waals surface area contributed by atoms with Gasteiger partial charge in [0.05, 0.1) is 6.04 Å². The van der Waals surface area contributed by atoms with Crippen molar-refractivity contribution in [1.82, 2.24) is 19.4 Å². The van der Waals surface area contributed by atoms with Crippen molar-refractivity contribution >= 4 is 22.0 Å². The predicted molar refractivity (Wildman–Crippen MR) is 91.3 cm³/mol. The highest BCUT2D eigenvalue weighted by atomic mass is 32.2. The Labute approximate surface area is 155 Å². The molecule has 0 aliphatic carbocycles. The van der Waals surface area contributed by atoms with Crippen molar-refractivity contribution in [2.75, 3.05) is 39.3 Å². The minimum Gasteiger partial charge on any atom is -0.336 e. The largest absolute Gasteiger partial charge is 0.336 e. The quantitative estimate of drug-likeness (QED) is 0.778. The average Bonchev–Trinajstić information content (AvgIpc) is 3.08. The molecule has 0 aromatic heterocycles. The Kier molecular flexibility index (Phi) is 5.45. The van der Waals surface area contributed by atoms with Gasteiger partial charge < -0.3 is 5.32 Å². The van der Waals surface area contributed by atoms with E-state index in [2.05, 4.69) is 5.32 Å². The van der Waals surface area contributed by atoms with E-state index in [9.17, 15) is 26.8 Å². The Balaban J connectivity index is 1.67. The molecule has 0 spiro atoms. The summed E-state index contributed by atoms with van der Waals surface area (Å²) in [5, 5.41) is 2.56. The van der Waals surface area contributed by atoms with Crippen LogP contribution in [0.3, 0.4) is 0 Å². The van der Waals surface area contributed by atoms with Crippen LogP contribution in [0.15, 0.2) is 23.1 Å². The van der Waals surface area contributed by atoms with Crippen molar-refractivity contribution in [3.63, 3.8) is 0 Å². The zero-order chi connectivity index (χ0) is 19.8. The van der Waals surface area contributed by atoms with Gasteiger partial charge in [-0.1, -0.05) is 0 Å². The molecule has 27 heavy (non-hydrogen) atoms. The van der Waals surface area contributed by atoms with E-state index in [1.807, 2.05) is 0 Å². The zero-order valence-electron chi connectivity index (χ0n) is 14.7. The number of piperazine rings is 1. The van der Waals surface area contributed by atoms with E-state index in [-0.39, 0.29) is 32.1 Å². The van der Waals surface area contributed by atoms with Crippen LogP contribution in [0.1, 0.15) is 6.92 Å². The van der Waals surface area contributed by atoms with E-state index >= 15 is 0 Å². The molecule has 2 aliphatic rings. The number of nitrogens with one attached hydrogen (secondary N) is 1. The molecule has 1 aromatic rings. The molecule has 1 atom stereocenters. The molecule has 2 saturated heterocycles. The maximum absolute atomic E-state index is 13.9. The highest BCUT2D eigenvalue weighted by Crippen LogP contribution is 2.22. The average molecular weight is 402 g/mol. The Bertz CT molecular complexity index is 856. The first-order valence-corrected chi connectivity index (χ1v) is 9.94. The van der Waals surface area contributed by atoms with E-state index in [1.165, 1.54) is 0 Å². The molecule has 0 saturated carbocycles. The Morgan fingerprint density at radius 3 is 2.41 bits per heavy atom. The molecular formula is C16H20F2N4O4S. The number of carbonyl (C=O) groups excluding carboxylic acids is 2. The monoisotopic (exact) mass is 402 g/mol. The Hall–Kier alpha value is -2.11. The zero-order valence-corrected chi connectivity index (χ0v) is 15.5. The molecule has 2 fully saturated rings. The number of carbonyl (C=O) groups is 2. The lowest BCUT2D eigenvalue weighted by Gasteiger charge is -2.37. The van der Waals surface area contributed by atoms with Gasteiger partial charge in [-0.25, -0.2) is 22.0 Å². The molecule has 1 N–H and O–H groups in total. The van der Waals surface area contributed by atoms with Crippen molar-refractivity contribution in [1.29, 1.82) is 0 Å². The molecule has 2 heterocycles. The van der Waals surface area contributed by atoms with Gasteiger partial charge in [0, 0.05) is 39.3 Å². The summed E-state index contributed by atoms with van der Waals surface area (Å²) in [6, 6.07) is 1.27. The van der Waals surface area contributed by atoms with Gasteiger partial charge in [-0.05, 0) is 25.1 Å². The number of hydrogen-bond acceptors (Lipinski definition) is 5. The van der Waals surface area contributed by atoms with Crippen LogP contribution in [0.2, 0.25) is 0 Å². The van der Waals surface area contributed by atoms with Crippen LogP contribution >= 0.6 is 0 Å². The molecule has 0 bridgehead atoms. The minimum absolute atomic E-state index is 0.0299. The lowest BCUT2D eigenvalue weighted by Crippen LogP contribution is -2.55. The lowest BCUT2D eigenvalue weighted by molar-refractivity contribution is -0.133. The van der Waals surface area contributed by atoms with E-state index in [0.29, 0.717) is 19.2 Å². The summed E-state index contributed by atoms with van der Waals surface area (Å²) in [6.07, 6.45) is 0. The molecule has 0 unspecified atom stereocenters. The van der Waals surface area contributed by atoms with Crippen LogP contribution in [-0.4, -0.2) is 79.8 Å². The van der Waals surface area contributed by atoms with E-state index in [4.69, 9.17) is 0 Å². The number of hydrogen-bond donors (Lipinski definition) is 1. The number of rotatable bonds is 4. The van der Waals surface area contributed by atoms with Gasteiger partial charge in [-0.15, -0.1) is 0 Å². The molecular weight excluding hydrogens is 382 g/mol. The third-order valence-corrected chi connectivity index (χ3v) is 6.73. The van der Waals surface area contributed by atoms with Crippen LogP contribution in [0.5, 0.6) is 0 Å². The van der Waals surface area contributed by atoms with Gasteiger partial charge >= 0.3 is 6.03 Å². The third kappa shape index (κ3) is 3.80. The Morgan fingerprint density at radius 1 is 1.15 bits per heavy atom. The predicted octanol–water partition coefficient (Wildman–Crippen LogP) is 0.211. The van der Waals surface area contributed by atoms with E-state index in [0.717, 1.165) is 21.3 Å². The fourth-order valence-corrected chi connectivity index (χ4v) is 4.71. The van der Waals surface area contributed by atoms with Gasteiger partial charge in [0.2, 0.25) is 15.9 Å². The number of sulfonamides is 1. The third-order valence-electron chi connectivity index (χ3n) is 4.81. The summed E-state index contributed by atoms with van der Waals surface area (Å²) in [6.45, 7) is 2.89. The molecule has 11 heteroatoms. The van der Waals surface area contributed by atoms with E-state index in [1.54, 1.807) is 11.8 Å². The highest BCUT2D eigenvalue weighted by Gasteiger charge is 2.36. The molecule has 0 radical (unpaired) electrons. The summed E-state index contributed by atoms with van der Waals surface area (Å²) in [7, 11) is -4.18. The van der Waals surface area contributed by atoms with Crippen molar-refractivity contribution in [3.8, 4) is 0 Å². The second-order valence-electron chi connectivity index (χ2n) is 6.41. The smallest absolute Gasteiger partial charge is 0.324 e. The molecule has 8 nitrogen and oxygen atoms in total. The number of amides is 3. The van der Waals surface area contributed by atoms with Crippen molar-refractivity contribution in [2.45, 2.75) is 17.9 Å². The second kappa shape index (κ2) is 7.49. The fourth-order valence-electron chi connectivity index (χ4n) is 3.21. The maximum Gasteiger partial charge on any atom is 0.324 e. The normalized spacial score (nSPS) is 20.6. The van der Waals surface area contributed by atoms with Gasteiger partial charge in [0.1, 0.15) is 16.5 Å². The minimum atomic E-state index is -4.18. The SMILES string of the molecule is C[C@@H](C(=O)N1CCNC1=O)N1CCN(S(=O)(=O)c2cc(F)ccc2F)CC1. The standard InChI is InChI=1S/C16H20F2N4O4S/c1-11(15(23)22-5-4-19-16(22)24)20-6-8-21(9-7-20)27(25,26)14-10-12(17)2-3-13(14)18/h2-3,10-11H,4-9H2,1H3,(H,19,24)/t11-/m0/s1. The maximum atomic E-state index is 13.9. The van der Waals surface area contributed by atoms with Crippen LogP contribution in [0.25, 0.3) is 0 Å². The van der Waals surface area contributed by atoms with Crippen LogP contribution < -0.4 is 5.32 Å². The van der Waals surface area contributed by atoms with Gasteiger partial charge in [0.15, 0.2) is 0 Å². The number of benzene rings is 1. The van der Waals surface area contributed by atoms with Gasteiger partial charge in [-0.3, -0.25) is 14.6 Å². The first kappa shape index (κ1) is 19.6. The molecule has 3 rings (SSSR count). The molecule has 2 aliphatic heterocycles. The summed E-state index contributed by atoms with van der Waals surface area (Å²) < 4.78 is 53.5. The second-order valence-corrected chi connectivity index (χ2v) is 8.32. The number of halogens is 2. The van der Waals surface area contributed by atoms with Gasteiger partial charge in [0.25, 0.3) is 0 Å². The summed E-state index contributed by atoms with van der Waals surface area (Å²) >= 11 is 0. The summed E-state index contributed by atoms with van der Waals surface area (Å²) in [5.74, 6) is -2.20. The van der Waals surface area contributed by atoms with E-state index < -0.39 is 38.6 Å². The lowest BCUT2D eigenvalue weighted by atomic mass is 10.2. The molecule has 148 valence electrons. The summed E-state index contributed by atoms with van der Waals surface area (Å²) in [5.41, 5.74) is 0. The number of imide groups is 1. The summed E-state index contributed by atoms with van der Waals surface area (Å²) in [4.78, 5) is 26.3. The molecule has 1 aromatic carbocycles. The van der Waals surface area contributed by atoms with Crippen molar-refractivity contribution < 1.29 is 26.8 Å². The highest BCUT2D eigenvalue weighted by molar-refractivity contribution is 7.89.